The summed E-state index contributed by atoms with van der Waals surface area (Å²) < 4.78 is 0. The van der Waals surface area contributed by atoms with Gasteiger partial charge in [-0.25, -0.2) is 0 Å². The molecule has 0 aliphatic heterocycles. The van der Waals surface area contributed by atoms with Crippen LogP contribution in [0.3, 0.4) is 0 Å². The van der Waals surface area contributed by atoms with Crippen LogP contribution >= 0.6 is 0 Å². The quantitative estimate of drug-likeness (QED) is 0.575. The van der Waals surface area contributed by atoms with Crippen LogP contribution in [0.1, 0.15) is 82.6 Å². The first-order valence-electron chi connectivity index (χ1n) is 8.21. The molecule has 0 radical (unpaired) electrons. The predicted octanol–water partition coefficient (Wildman–Crippen LogP) is 6.69. The first-order valence-corrected chi connectivity index (χ1v) is 8.21. The summed E-state index contributed by atoms with van der Waals surface area (Å²) in [5.41, 5.74) is 6.14. The molecule has 0 aliphatic rings. The summed E-state index contributed by atoms with van der Waals surface area (Å²) in [6.45, 7) is 18.5. The van der Waals surface area contributed by atoms with Gasteiger partial charge in [-0.05, 0) is 57.2 Å². The SMILES string of the molecule is Cc1c(C(C)C)cc2c(C(C)C)cccc2c1C(C)(C)C. The van der Waals surface area contributed by atoms with E-state index in [1.54, 1.807) is 0 Å². The Morgan fingerprint density at radius 1 is 0.810 bits per heavy atom. The van der Waals surface area contributed by atoms with E-state index >= 15 is 0 Å². The Hall–Kier alpha value is -1.30. The molecule has 21 heavy (non-hydrogen) atoms. The summed E-state index contributed by atoms with van der Waals surface area (Å²) in [5.74, 6) is 1.12. The summed E-state index contributed by atoms with van der Waals surface area (Å²) in [6.07, 6.45) is 0. The highest BCUT2D eigenvalue weighted by Gasteiger charge is 2.23. The van der Waals surface area contributed by atoms with Crippen LogP contribution in [-0.2, 0) is 5.41 Å². The molecule has 0 bridgehead atoms. The maximum atomic E-state index is 2.44. The van der Waals surface area contributed by atoms with Gasteiger partial charge in [0.1, 0.15) is 0 Å². The third kappa shape index (κ3) is 2.86. The zero-order valence-electron chi connectivity index (χ0n) is 15.0. The van der Waals surface area contributed by atoms with E-state index in [9.17, 15) is 0 Å². The maximum Gasteiger partial charge on any atom is -0.0123 e. The Balaban J connectivity index is 2.99. The second-order valence-corrected chi connectivity index (χ2v) is 7.97. The third-order valence-corrected chi connectivity index (χ3v) is 4.51. The Morgan fingerprint density at radius 2 is 1.38 bits per heavy atom. The summed E-state index contributed by atoms with van der Waals surface area (Å²) in [7, 11) is 0. The Morgan fingerprint density at radius 3 is 1.86 bits per heavy atom. The molecule has 2 aromatic rings. The molecule has 0 spiro atoms. The number of benzene rings is 2. The van der Waals surface area contributed by atoms with Crippen LogP contribution in [0.5, 0.6) is 0 Å². The molecule has 0 fully saturated rings. The first-order chi connectivity index (χ1) is 9.64. The lowest BCUT2D eigenvalue weighted by atomic mass is 9.76. The van der Waals surface area contributed by atoms with Crippen LogP contribution in [0.4, 0.5) is 0 Å². The van der Waals surface area contributed by atoms with Gasteiger partial charge in [0.2, 0.25) is 0 Å². The van der Waals surface area contributed by atoms with Gasteiger partial charge in [0.05, 0.1) is 0 Å². The van der Waals surface area contributed by atoms with E-state index in [-0.39, 0.29) is 5.41 Å². The van der Waals surface area contributed by atoms with Gasteiger partial charge >= 0.3 is 0 Å². The highest BCUT2D eigenvalue weighted by Crippen LogP contribution is 2.39. The lowest BCUT2D eigenvalue weighted by molar-refractivity contribution is 0.589. The van der Waals surface area contributed by atoms with E-state index < -0.39 is 0 Å². The average Bonchev–Trinajstić information content (AvgIpc) is 2.34. The van der Waals surface area contributed by atoms with E-state index in [4.69, 9.17) is 0 Å². The van der Waals surface area contributed by atoms with Gasteiger partial charge in [0, 0.05) is 0 Å². The van der Waals surface area contributed by atoms with Gasteiger partial charge in [0.15, 0.2) is 0 Å². The molecular weight excluding hydrogens is 252 g/mol. The number of fused-ring (bicyclic) bond motifs is 1. The van der Waals surface area contributed by atoms with Crippen LogP contribution in [0.2, 0.25) is 0 Å². The number of hydrogen-bond acceptors (Lipinski definition) is 0. The second kappa shape index (κ2) is 5.48. The van der Waals surface area contributed by atoms with Crippen LogP contribution in [0.25, 0.3) is 10.8 Å². The zero-order valence-corrected chi connectivity index (χ0v) is 15.0. The molecular formula is C21H30. The van der Waals surface area contributed by atoms with Crippen molar-refractivity contribution in [3.63, 3.8) is 0 Å². The fourth-order valence-corrected chi connectivity index (χ4v) is 3.64. The van der Waals surface area contributed by atoms with E-state index in [1.807, 2.05) is 0 Å². The van der Waals surface area contributed by atoms with Gasteiger partial charge in [-0.2, -0.15) is 0 Å². The van der Waals surface area contributed by atoms with E-state index in [0.29, 0.717) is 11.8 Å². The third-order valence-electron chi connectivity index (χ3n) is 4.51. The van der Waals surface area contributed by atoms with Crippen LogP contribution in [-0.4, -0.2) is 0 Å². The normalized spacial score (nSPS) is 12.7. The summed E-state index contributed by atoms with van der Waals surface area (Å²) in [6, 6.07) is 9.26. The topological polar surface area (TPSA) is 0 Å². The zero-order chi connectivity index (χ0) is 15.9. The minimum atomic E-state index is 0.169. The van der Waals surface area contributed by atoms with Gasteiger partial charge in [-0.1, -0.05) is 72.7 Å². The molecule has 0 atom stereocenters. The molecule has 2 rings (SSSR count). The molecule has 0 nitrogen and oxygen atoms in total. The van der Waals surface area contributed by atoms with Gasteiger partial charge in [-0.15, -0.1) is 0 Å². The molecule has 0 N–H and O–H groups in total. The lowest BCUT2D eigenvalue weighted by Gasteiger charge is -2.28. The monoisotopic (exact) mass is 282 g/mol. The fourth-order valence-electron chi connectivity index (χ4n) is 3.64. The lowest BCUT2D eigenvalue weighted by Crippen LogP contribution is -2.16. The summed E-state index contributed by atoms with van der Waals surface area (Å²) in [4.78, 5) is 0. The van der Waals surface area contributed by atoms with Crippen LogP contribution in [0.15, 0.2) is 24.3 Å². The Kier molecular flexibility index (Phi) is 4.19. The number of hydrogen-bond donors (Lipinski definition) is 0. The number of rotatable bonds is 2. The Bertz CT molecular complexity index is 652. The van der Waals surface area contributed by atoms with Crippen LogP contribution < -0.4 is 0 Å². The van der Waals surface area contributed by atoms with E-state index in [1.165, 1.54) is 33.0 Å². The van der Waals surface area contributed by atoms with Crippen molar-refractivity contribution in [2.45, 2.75) is 72.6 Å². The summed E-state index contributed by atoms with van der Waals surface area (Å²) in [5, 5.41) is 2.89. The molecule has 0 amide bonds. The molecule has 0 unspecified atom stereocenters. The highest BCUT2D eigenvalue weighted by atomic mass is 14.3. The van der Waals surface area contributed by atoms with Crippen molar-refractivity contribution in [3.8, 4) is 0 Å². The molecule has 0 aliphatic carbocycles. The molecule has 0 aromatic heterocycles. The smallest absolute Gasteiger partial charge is 0.0123 e. The highest BCUT2D eigenvalue weighted by molar-refractivity contribution is 5.92. The van der Waals surface area contributed by atoms with Crippen molar-refractivity contribution in [2.75, 3.05) is 0 Å². The largest absolute Gasteiger partial charge is 0.0613 e. The van der Waals surface area contributed by atoms with Gasteiger partial charge < -0.3 is 0 Å². The maximum absolute atomic E-state index is 2.44. The standard InChI is InChI=1S/C21H30/c1-13(2)16-10-9-11-17-19(16)12-18(14(3)4)15(5)20(17)21(6,7)8/h9-14H,1-8H3. The molecule has 0 heteroatoms. The van der Waals surface area contributed by atoms with Crippen molar-refractivity contribution in [3.05, 3.63) is 46.5 Å². The molecule has 2 aromatic carbocycles. The van der Waals surface area contributed by atoms with Gasteiger partial charge in [-0.3, -0.25) is 0 Å². The van der Waals surface area contributed by atoms with Crippen LogP contribution in [0, 0.1) is 6.92 Å². The minimum Gasteiger partial charge on any atom is -0.0613 e. The second-order valence-electron chi connectivity index (χ2n) is 7.97. The molecule has 114 valence electrons. The van der Waals surface area contributed by atoms with Gasteiger partial charge in [0.25, 0.3) is 0 Å². The summed E-state index contributed by atoms with van der Waals surface area (Å²) >= 11 is 0. The first kappa shape index (κ1) is 16.1. The molecule has 0 heterocycles. The van der Waals surface area contributed by atoms with Crippen molar-refractivity contribution >= 4 is 10.8 Å². The average molecular weight is 282 g/mol. The predicted molar refractivity (Wildman–Crippen MR) is 95.6 cm³/mol. The minimum absolute atomic E-state index is 0.169. The van der Waals surface area contributed by atoms with Crippen molar-refractivity contribution in [2.24, 2.45) is 0 Å². The van der Waals surface area contributed by atoms with Crippen molar-refractivity contribution in [1.29, 1.82) is 0 Å². The van der Waals surface area contributed by atoms with Crippen molar-refractivity contribution in [1.82, 2.24) is 0 Å². The fraction of sp³-hybridized carbons (Fsp3) is 0.524. The van der Waals surface area contributed by atoms with Crippen molar-refractivity contribution < 1.29 is 0 Å². The molecule has 0 saturated carbocycles. The van der Waals surface area contributed by atoms with E-state index in [0.717, 1.165) is 0 Å². The molecule has 0 saturated heterocycles. The Labute approximate surface area is 130 Å². The van der Waals surface area contributed by atoms with E-state index in [2.05, 4.69) is 79.7 Å².